The molecular formula is C12H14BrFN2O. The number of carbonyl (C=O) groups is 1. The van der Waals surface area contributed by atoms with Gasteiger partial charge in [-0.15, -0.1) is 0 Å². The maximum absolute atomic E-state index is 13.5. The molecule has 92 valence electrons. The summed E-state index contributed by atoms with van der Waals surface area (Å²) < 4.78 is 14.3. The molecule has 0 unspecified atom stereocenters. The van der Waals surface area contributed by atoms with Crippen molar-refractivity contribution in [1.29, 1.82) is 0 Å². The van der Waals surface area contributed by atoms with Crippen LogP contribution >= 0.6 is 15.9 Å². The molecule has 0 aliphatic heterocycles. The van der Waals surface area contributed by atoms with Crippen LogP contribution in [0.25, 0.3) is 0 Å². The Bertz CT molecular complexity index is 460. The van der Waals surface area contributed by atoms with Crippen molar-refractivity contribution in [3.8, 4) is 0 Å². The van der Waals surface area contributed by atoms with Crippen molar-refractivity contribution < 1.29 is 9.18 Å². The fourth-order valence-corrected chi connectivity index (χ4v) is 2.13. The highest BCUT2D eigenvalue weighted by Crippen LogP contribution is 2.34. The van der Waals surface area contributed by atoms with E-state index in [0.717, 1.165) is 17.3 Å². The number of rotatable bonds is 3. The second kappa shape index (κ2) is 4.38. The first-order valence-electron chi connectivity index (χ1n) is 5.41. The molecule has 0 heterocycles. The number of nitrogens with two attached hydrogens (primary N) is 1. The van der Waals surface area contributed by atoms with E-state index in [1.807, 2.05) is 0 Å². The third-order valence-electron chi connectivity index (χ3n) is 2.98. The molecule has 2 N–H and O–H groups in total. The third kappa shape index (κ3) is 2.66. The van der Waals surface area contributed by atoms with Crippen LogP contribution in [0.4, 0.5) is 4.39 Å². The average molecular weight is 301 g/mol. The van der Waals surface area contributed by atoms with Gasteiger partial charge in [0.05, 0.1) is 5.54 Å². The van der Waals surface area contributed by atoms with Crippen LogP contribution in [0.5, 0.6) is 0 Å². The fourth-order valence-electron chi connectivity index (χ4n) is 1.72. The van der Waals surface area contributed by atoms with Crippen molar-refractivity contribution >= 4 is 21.8 Å². The van der Waals surface area contributed by atoms with Gasteiger partial charge in [0.2, 0.25) is 5.91 Å². The number of hydrogen-bond acceptors (Lipinski definition) is 2. The van der Waals surface area contributed by atoms with Crippen LogP contribution < -0.4 is 5.73 Å². The van der Waals surface area contributed by atoms with Crippen LogP contribution in [-0.2, 0) is 11.3 Å². The van der Waals surface area contributed by atoms with Crippen LogP contribution in [-0.4, -0.2) is 23.4 Å². The van der Waals surface area contributed by atoms with E-state index in [4.69, 9.17) is 5.73 Å². The van der Waals surface area contributed by atoms with Gasteiger partial charge in [-0.2, -0.15) is 0 Å². The van der Waals surface area contributed by atoms with Crippen LogP contribution in [0.1, 0.15) is 18.4 Å². The van der Waals surface area contributed by atoms with Crippen molar-refractivity contribution in [3.05, 3.63) is 34.1 Å². The molecule has 1 aromatic rings. The zero-order valence-corrected chi connectivity index (χ0v) is 11.1. The van der Waals surface area contributed by atoms with Crippen molar-refractivity contribution in [1.82, 2.24) is 4.90 Å². The Balaban J connectivity index is 2.10. The molecule has 1 aliphatic carbocycles. The second-order valence-electron chi connectivity index (χ2n) is 4.55. The lowest BCUT2D eigenvalue weighted by molar-refractivity contribution is -0.132. The summed E-state index contributed by atoms with van der Waals surface area (Å²) in [6, 6.07) is 4.69. The quantitative estimate of drug-likeness (QED) is 0.928. The topological polar surface area (TPSA) is 46.3 Å². The van der Waals surface area contributed by atoms with Gasteiger partial charge >= 0.3 is 0 Å². The first kappa shape index (κ1) is 12.5. The van der Waals surface area contributed by atoms with Crippen molar-refractivity contribution in [3.63, 3.8) is 0 Å². The number of benzene rings is 1. The highest BCUT2D eigenvalue weighted by molar-refractivity contribution is 9.10. The van der Waals surface area contributed by atoms with Crippen LogP contribution in [0.15, 0.2) is 22.7 Å². The molecule has 17 heavy (non-hydrogen) atoms. The fraction of sp³-hybridized carbons (Fsp3) is 0.417. The molecule has 1 saturated carbocycles. The first-order valence-corrected chi connectivity index (χ1v) is 6.20. The third-order valence-corrected chi connectivity index (χ3v) is 3.47. The van der Waals surface area contributed by atoms with Crippen LogP contribution in [0.2, 0.25) is 0 Å². The summed E-state index contributed by atoms with van der Waals surface area (Å²) >= 11 is 3.28. The van der Waals surface area contributed by atoms with Gasteiger partial charge in [-0.1, -0.05) is 15.9 Å². The lowest BCUT2D eigenvalue weighted by Gasteiger charge is -2.21. The number of likely N-dealkylation sites (N-methyl/N-ethyl adjacent to an activating group) is 1. The maximum atomic E-state index is 13.5. The summed E-state index contributed by atoms with van der Waals surface area (Å²) in [5.41, 5.74) is 5.61. The van der Waals surface area contributed by atoms with E-state index in [-0.39, 0.29) is 18.3 Å². The highest BCUT2D eigenvalue weighted by Gasteiger charge is 2.47. The van der Waals surface area contributed by atoms with Gasteiger partial charge in [-0.05, 0) is 31.0 Å². The number of carbonyl (C=O) groups excluding carboxylic acids is 1. The van der Waals surface area contributed by atoms with Gasteiger partial charge in [0, 0.05) is 23.6 Å². The van der Waals surface area contributed by atoms with Crippen molar-refractivity contribution in [2.45, 2.75) is 24.9 Å². The van der Waals surface area contributed by atoms with E-state index in [9.17, 15) is 9.18 Å². The SMILES string of the molecule is CN(Cc1cc(Br)ccc1F)C(=O)C1(N)CC1. The number of hydrogen-bond donors (Lipinski definition) is 1. The second-order valence-corrected chi connectivity index (χ2v) is 5.47. The first-order chi connectivity index (χ1) is 7.92. The Morgan fingerprint density at radius 1 is 1.59 bits per heavy atom. The van der Waals surface area contributed by atoms with Gasteiger partial charge in [0.15, 0.2) is 0 Å². The van der Waals surface area contributed by atoms with Gasteiger partial charge in [-0.25, -0.2) is 4.39 Å². The molecular weight excluding hydrogens is 287 g/mol. The number of amides is 1. The summed E-state index contributed by atoms with van der Waals surface area (Å²) in [6.45, 7) is 0.239. The van der Waals surface area contributed by atoms with Crippen LogP contribution in [0, 0.1) is 5.82 Å². The predicted molar refractivity (Wildman–Crippen MR) is 66.7 cm³/mol. The molecule has 0 spiro atoms. The zero-order chi connectivity index (χ0) is 12.6. The van der Waals surface area contributed by atoms with Gasteiger partial charge < -0.3 is 10.6 Å². The Labute approximate surface area is 108 Å². The molecule has 0 radical (unpaired) electrons. The monoisotopic (exact) mass is 300 g/mol. The van der Waals surface area contributed by atoms with E-state index in [0.29, 0.717) is 5.56 Å². The molecule has 0 aromatic heterocycles. The molecule has 2 rings (SSSR count). The number of nitrogens with zero attached hydrogens (tertiary/aromatic N) is 1. The van der Waals surface area contributed by atoms with Crippen LogP contribution in [0.3, 0.4) is 0 Å². The molecule has 0 bridgehead atoms. The largest absolute Gasteiger partial charge is 0.340 e. The molecule has 5 heteroatoms. The smallest absolute Gasteiger partial charge is 0.242 e. The average Bonchev–Trinajstić information content (AvgIpc) is 3.02. The summed E-state index contributed by atoms with van der Waals surface area (Å²) in [5, 5.41) is 0. The molecule has 1 aromatic carbocycles. The molecule has 1 fully saturated rings. The summed E-state index contributed by atoms with van der Waals surface area (Å²) in [5.74, 6) is -0.424. The Hall–Kier alpha value is -0.940. The van der Waals surface area contributed by atoms with E-state index in [1.165, 1.54) is 11.0 Å². The lowest BCUT2D eigenvalue weighted by Crippen LogP contribution is -2.43. The normalized spacial score (nSPS) is 16.7. The molecule has 1 aliphatic rings. The standard InChI is InChI=1S/C12H14BrFN2O/c1-16(11(17)12(15)4-5-12)7-8-6-9(13)2-3-10(8)14/h2-3,6H,4-5,7,15H2,1H3. The highest BCUT2D eigenvalue weighted by atomic mass is 79.9. The molecule has 1 amide bonds. The lowest BCUT2D eigenvalue weighted by atomic mass is 10.2. The van der Waals surface area contributed by atoms with Gasteiger partial charge in [-0.3, -0.25) is 4.79 Å². The summed E-state index contributed by atoms with van der Waals surface area (Å²) in [6.07, 6.45) is 1.44. The Morgan fingerprint density at radius 2 is 2.24 bits per heavy atom. The van der Waals surface area contributed by atoms with Gasteiger partial charge in [0.1, 0.15) is 5.82 Å². The molecule has 0 atom stereocenters. The summed E-state index contributed by atoms with van der Waals surface area (Å²) in [4.78, 5) is 13.4. The Kier molecular flexibility index (Phi) is 3.23. The minimum absolute atomic E-state index is 0.114. The minimum atomic E-state index is -0.697. The maximum Gasteiger partial charge on any atom is 0.242 e. The van der Waals surface area contributed by atoms with E-state index in [2.05, 4.69) is 15.9 Å². The van der Waals surface area contributed by atoms with E-state index >= 15 is 0 Å². The summed E-state index contributed by atoms with van der Waals surface area (Å²) in [7, 11) is 1.65. The zero-order valence-electron chi connectivity index (χ0n) is 9.54. The molecule has 0 saturated heterocycles. The van der Waals surface area contributed by atoms with Gasteiger partial charge in [0.25, 0.3) is 0 Å². The molecule has 3 nitrogen and oxygen atoms in total. The van der Waals surface area contributed by atoms with E-state index in [1.54, 1.807) is 19.2 Å². The predicted octanol–water partition coefficient (Wildman–Crippen LogP) is 2.04. The van der Waals surface area contributed by atoms with Crippen molar-refractivity contribution in [2.75, 3.05) is 7.05 Å². The van der Waals surface area contributed by atoms with E-state index < -0.39 is 5.54 Å². The number of halogens is 2. The van der Waals surface area contributed by atoms with Crippen molar-refractivity contribution in [2.24, 2.45) is 5.73 Å². The Morgan fingerprint density at radius 3 is 2.82 bits per heavy atom. The minimum Gasteiger partial charge on any atom is -0.340 e.